The van der Waals surface area contributed by atoms with Gasteiger partial charge in [0.2, 0.25) is 0 Å². The summed E-state index contributed by atoms with van der Waals surface area (Å²) in [6.45, 7) is 5.54. The molecule has 0 spiro atoms. The van der Waals surface area contributed by atoms with Crippen LogP contribution >= 0.6 is 0 Å². The van der Waals surface area contributed by atoms with Crippen LogP contribution in [-0.2, 0) is 16.6 Å². The van der Waals surface area contributed by atoms with Crippen LogP contribution in [0.1, 0.15) is 61.6 Å². The van der Waals surface area contributed by atoms with Gasteiger partial charge in [-0.3, -0.25) is 4.79 Å². The summed E-state index contributed by atoms with van der Waals surface area (Å²) in [7, 11) is 0. The van der Waals surface area contributed by atoms with Crippen molar-refractivity contribution in [3.8, 4) is 22.5 Å². The number of rotatable bonds is 9. The van der Waals surface area contributed by atoms with Crippen LogP contribution in [0.25, 0.3) is 22.5 Å². The molecule has 5 rings (SSSR count). The van der Waals surface area contributed by atoms with Gasteiger partial charge < -0.3 is 14.7 Å². The molecule has 0 radical (unpaired) electrons. The lowest BCUT2D eigenvalue weighted by molar-refractivity contribution is -0.140. The molecule has 204 valence electrons. The van der Waals surface area contributed by atoms with Crippen LogP contribution in [0.5, 0.6) is 0 Å². The minimum Gasteiger partial charge on any atom is -0.481 e. The van der Waals surface area contributed by atoms with Gasteiger partial charge in [-0.15, -0.1) is 0 Å². The Hall–Kier alpha value is -3.84. The van der Waals surface area contributed by atoms with E-state index >= 15 is 8.78 Å². The van der Waals surface area contributed by atoms with Crippen LogP contribution in [0.15, 0.2) is 83.4 Å². The molecule has 0 aliphatic heterocycles. The summed E-state index contributed by atoms with van der Waals surface area (Å²) in [6, 6.07) is 23.6. The second kappa shape index (κ2) is 11.5. The minimum absolute atomic E-state index is 0.0152. The third-order valence-electron chi connectivity index (χ3n) is 7.25. The highest BCUT2D eigenvalue weighted by Gasteiger charge is 2.51. The SMILES string of the molecule is CC.Cc1noc(-c2ccc(-c3ccc(C4(C(=O)O)CC4)cc3)cc2)c1C(O)C(F)(F)CCc1ccccc1. The number of aliphatic carboxylic acids is 1. The minimum atomic E-state index is -3.38. The zero-order chi connectivity index (χ0) is 28.2. The van der Waals surface area contributed by atoms with Gasteiger partial charge in [0, 0.05) is 12.0 Å². The maximum Gasteiger partial charge on any atom is 0.314 e. The summed E-state index contributed by atoms with van der Waals surface area (Å²) in [5.74, 6) is -4.06. The molecule has 0 saturated heterocycles. The first kappa shape index (κ1) is 28.2. The number of benzene rings is 3. The molecule has 5 nitrogen and oxygen atoms in total. The molecule has 0 bridgehead atoms. The zero-order valence-corrected chi connectivity index (χ0v) is 22.3. The molecule has 3 aromatic carbocycles. The zero-order valence-electron chi connectivity index (χ0n) is 22.3. The van der Waals surface area contributed by atoms with Crippen molar-refractivity contribution >= 4 is 5.97 Å². The average molecular weight is 534 g/mol. The number of nitrogens with zero attached hydrogens (tertiary/aromatic N) is 1. The van der Waals surface area contributed by atoms with Gasteiger partial charge in [0.05, 0.1) is 16.7 Å². The van der Waals surface area contributed by atoms with Crippen molar-refractivity contribution in [2.45, 2.75) is 63.9 Å². The Balaban J connectivity index is 0.00000172. The third-order valence-corrected chi connectivity index (χ3v) is 7.25. The van der Waals surface area contributed by atoms with Crippen LogP contribution in [0.4, 0.5) is 8.78 Å². The standard InChI is InChI=1S/C30H27F2NO4.C2H6/c1-19-25(27(34)30(31,32)16-15-20-5-3-2-4-6-20)26(37-33-19)23-9-7-21(8-10-23)22-11-13-24(14-12-22)29(17-18-29)28(35)36;1-2/h2-14,27,34H,15-18H2,1H3,(H,35,36);1-2H3. The van der Waals surface area contributed by atoms with E-state index in [-0.39, 0.29) is 23.4 Å². The molecule has 1 unspecified atom stereocenters. The summed E-state index contributed by atoms with van der Waals surface area (Å²) >= 11 is 0. The number of halogens is 2. The van der Waals surface area contributed by atoms with E-state index in [1.165, 1.54) is 0 Å². The van der Waals surface area contributed by atoms with E-state index in [4.69, 9.17) is 4.52 Å². The molecule has 1 heterocycles. The Morgan fingerprint density at radius 1 is 0.949 bits per heavy atom. The van der Waals surface area contributed by atoms with Gasteiger partial charge in [-0.2, -0.15) is 0 Å². The Labute approximate surface area is 227 Å². The van der Waals surface area contributed by atoms with E-state index in [0.717, 1.165) is 22.3 Å². The van der Waals surface area contributed by atoms with Crippen molar-refractivity contribution in [3.63, 3.8) is 0 Å². The number of hydrogen-bond acceptors (Lipinski definition) is 4. The smallest absolute Gasteiger partial charge is 0.314 e. The van der Waals surface area contributed by atoms with Gasteiger partial charge in [0.1, 0.15) is 6.10 Å². The Bertz CT molecular complexity index is 1390. The quantitative estimate of drug-likeness (QED) is 0.230. The first-order chi connectivity index (χ1) is 18.7. The number of aliphatic hydroxyl groups is 1. The van der Waals surface area contributed by atoms with E-state index in [0.29, 0.717) is 18.4 Å². The second-order valence-electron chi connectivity index (χ2n) is 9.70. The molecular formula is C32H33F2NO4. The van der Waals surface area contributed by atoms with Crippen molar-refractivity contribution in [1.82, 2.24) is 5.16 Å². The monoisotopic (exact) mass is 533 g/mol. The van der Waals surface area contributed by atoms with E-state index in [9.17, 15) is 15.0 Å². The van der Waals surface area contributed by atoms with Crippen LogP contribution in [0.2, 0.25) is 0 Å². The van der Waals surface area contributed by atoms with Gasteiger partial charge in [-0.05, 0) is 48.4 Å². The maximum absolute atomic E-state index is 15.0. The topological polar surface area (TPSA) is 83.6 Å². The lowest BCUT2D eigenvalue weighted by Crippen LogP contribution is -2.27. The van der Waals surface area contributed by atoms with Crippen LogP contribution in [0.3, 0.4) is 0 Å². The average Bonchev–Trinajstić information content (AvgIpc) is 3.70. The predicted octanol–water partition coefficient (Wildman–Crippen LogP) is 7.76. The van der Waals surface area contributed by atoms with Crippen molar-refractivity contribution in [3.05, 3.63) is 101 Å². The molecule has 1 aliphatic rings. The number of carbonyl (C=O) groups is 1. The molecule has 1 aromatic heterocycles. The summed E-state index contributed by atoms with van der Waals surface area (Å²) in [5, 5.41) is 24.1. The molecule has 7 heteroatoms. The maximum atomic E-state index is 15.0. The molecule has 1 saturated carbocycles. The van der Waals surface area contributed by atoms with Crippen molar-refractivity contribution < 1.29 is 28.3 Å². The fourth-order valence-electron chi connectivity index (χ4n) is 4.76. The lowest BCUT2D eigenvalue weighted by Gasteiger charge is -2.23. The van der Waals surface area contributed by atoms with Crippen LogP contribution < -0.4 is 0 Å². The molecule has 39 heavy (non-hydrogen) atoms. The molecule has 1 atom stereocenters. The number of hydrogen-bond donors (Lipinski definition) is 2. The number of carboxylic acid groups (broad SMARTS) is 1. The highest BCUT2D eigenvalue weighted by Crippen LogP contribution is 2.48. The number of aliphatic hydroxyl groups excluding tert-OH is 1. The van der Waals surface area contributed by atoms with Crippen molar-refractivity contribution in [1.29, 1.82) is 0 Å². The molecular weight excluding hydrogens is 500 g/mol. The van der Waals surface area contributed by atoms with Gasteiger partial charge in [0.15, 0.2) is 5.76 Å². The highest BCUT2D eigenvalue weighted by molar-refractivity contribution is 5.85. The summed E-state index contributed by atoms with van der Waals surface area (Å²) in [5.41, 5.74) is 3.32. The van der Waals surface area contributed by atoms with E-state index in [1.807, 2.05) is 56.3 Å². The Morgan fingerprint density at radius 2 is 1.49 bits per heavy atom. The fraction of sp³-hybridized carbons (Fsp3) is 0.312. The first-order valence-electron chi connectivity index (χ1n) is 13.2. The first-order valence-corrected chi connectivity index (χ1v) is 13.2. The van der Waals surface area contributed by atoms with Gasteiger partial charge >= 0.3 is 5.97 Å². The number of carboxylic acids is 1. The van der Waals surface area contributed by atoms with E-state index in [2.05, 4.69) is 5.16 Å². The molecule has 1 fully saturated rings. The Kier molecular flexibility index (Phi) is 8.31. The van der Waals surface area contributed by atoms with Crippen LogP contribution in [-0.4, -0.2) is 27.3 Å². The number of aryl methyl sites for hydroxylation is 2. The van der Waals surface area contributed by atoms with E-state index < -0.39 is 29.8 Å². The number of aromatic nitrogens is 1. The van der Waals surface area contributed by atoms with Gasteiger partial charge in [-0.1, -0.05) is 97.9 Å². The van der Waals surface area contributed by atoms with Crippen molar-refractivity contribution in [2.75, 3.05) is 0 Å². The summed E-state index contributed by atoms with van der Waals surface area (Å²) in [4.78, 5) is 11.6. The Morgan fingerprint density at radius 3 is 2.03 bits per heavy atom. The molecule has 4 aromatic rings. The summed E-state index contributed by atoms with van der Waals surface area (Å²) in [6.07, 6.45) is -1.15. The fourth-order valence-corrected chi connectivity index (χ4v) is 4.76. The van der Waals surface area contributed by atoms with Gasteiger partial charge in [-0.25, -0.2) is 8.78 Å². The third kappa shape index (κ3) is 5.78. The van der Waals surface area contributed by atoms with E-state index in [1.54, 1.807) is 43.3 Å². The lowest BCUT2D eigenvalue weighted by atomic mass is 9.92. The largest absolute Gasteiger partial charge is 0.481 e. The number of alkyl halides is 2. The summed E-state index contributed by atoms with van der Waals surface area (Å²) < 4.78 is 35.5. The molecule has 2 N–H and O–H groups in total. The predicted molar refractivity (Wildman–Crippen MR) is 147 cm³/mol. The van der Waals surface area contributed by atoms with Crippen molar-refractivity contribution in [2.24, 2.45) is 0 Å². The highest BCUT2D eigenvalue weighted by atomic mass is 19.3. The van der Waals surface area contributed by atoms with Gasteiger partial charge in [0.25, 0.3) is 5.92 Å². The normalized spacial score (nSPS) is 14.7. The molecule has 0 amide bonds. The second-order valence-corrected chi connectivity index (χ2v) is 9.70. The van der Waals surface area contributed by atoms with Crippen LogP contribution in [0, 0.1) is 6.92 Å². The molecule has 1 aliphatic carbocycles.